The second-order valence-electron chi connectivity index (χ2n) is 4.50. The van der Waals surface area contributed by atoms with Crippen LogP contribution in [0.5, 0.6) is 0 Å². The molecule has 0 aliphatic heterocycles. The van der Waals surface area contributed by atoms with Gasteiger partial charge in [0.25, 0.3) is 0 Å². The Kier molecular flexibility index (Phi) is 3.25. The number of aromatic carboxylic acids is 1. The van der Waals surface area contributed by atoms with Gasteiger partial charge in [0.2, 0.25) is 0 Å². The molecule has 0 fully saturated rings. The van der Waals surface area contributed by atoms with Crippen LogP contribution < -0.4 is 5.69 Å². The molecule has 2 rings (SSSR count). The molecule has 0 bridgehead atoms. The van der Waals surface area contributed by atoms with Crippen molar-refractivity contribution in [2.24, 2.45) is 0 Å². The minimum atomic E-state index is -1.15. The molecule has 6 heteroatoms. The highest BCUT2D eigenvalue weighted by atomic mass is 16.4. The number of aromatic nitrogens is 2. The van der Waals surface area contributed by atoms with Gasteiger partial charge in [-0.15, -0.1) is 0 Å². The number of hydrogen-bond donors (Lipinski definition) is 1. The average Bonchev–Trinajstić information content (AvgIpc) is 2.74. The highest BCUT2D eigenvalue weighted by molar-refractivity contribution is 5.93. The second-order valence-corrected chi connectivity index (χ2v) is 4.50. The lowest BCUT2D eigenvalue weighted by Crippen LogP contribution is -2.26. The van der Waals surface area contributed by atoms with Gasteiger partial charge in [-0.2, -0.15) is 4.98 Å². The molecule has 0 spiro atoms. The Labute approximate surface area is 109 Å². The summed E-state index contributed by atoms with van der Waals surface area (Å²) >= 11 is 0. The van der Waals surface area contributed by atoms with Gasteiger partial charge in [-0.1, -0.05) is 0 Å². The largest absolute Gasteiger partial charge is 0.478 e. The van der Waals surface area contributed by atoms with Gasteiger partial charge < -0.3 is 9.52 Å². The van der Waals surface area contributed by atoms with E-state index in [0.29, 0.717) is 5.76 Å². The van der Waals surface area contributed by atoms with E-state index in [0.717, 1.165) is 0 Å². The zero-order valence-electron chi connectivity index (χ0n) is 10.9. The van der Waals surface area contributed by atoms with Crippen LogP contribution >= 0.6 is 0 Å². The van der Waals surface area contributed by atoms with E-state index in [2.05, 4.69) is 4.98 Å². The predicted molar refractivity (Wildman–Crippen MR) is 68.3 cm³/mol. The zero-order valence-corrected chi connectivity index (χ0v) is 10.9. The van der Waals surface area contributed by atoms with Crippen molar-refractivity contribution >= 4 is 5.97 Å². The molecule has 0 radical (unpaired) electrons. The van der Waals surface area contributed by atoms with Gasteiger partial charge in [0.15, 0.2) is 5.76 Å². The Morgan fingerprint density at radius 1 is 1.42 bits per heavy atom. The number of carbonyl (C=O) groups is 1. The second kappa shape index (κ2) is 4.72. The van der Waals surface area contributed by atoms with Gasteiger partial charge in [-0.3, -0.25) is 4.57 Å². The minimum Gasteiger partial charge on any atom is -0.478 e. The number of carboxylic acids is 1. The third kappa shape index (κ3) is 2.42. The van der Waals surface area contributed by atoms with Crippen molar-refractivity contribution in [2.45, 2.75) is 26.8 Å². The summed E-state index contributed by atoms with van der Waals surface area (Å²) in [4.78, 5) is 27.0. The molecule has 0 aliphatic rings. The Balaban J connectivity index is 2.70. The van der Waals surface area contributed by atoms with E-state index in [1.807, 2.05) is 0 Å². The van der Waals surface area contributed by atoms with Gasteiger partial charge in [0, 0.05) is 12.2 Å². The maximum absolute atomic E-state index is 11.9. The predicted octanol–water partition coefficient (Wildman–Crippen LogP) is 2.09. The van der Waals surface area contributed by atoms with E-state index < -0.39 is 11.7 Å². The molecule has 2 aromatic heterocycles. The van der Waals surface area contributed by atoms with Crippen LogP contribution in [0.3, 0.4) is 0 Å². The van der Waals surface area contributed by atoms with Crippen LogP contribution in [-0.2, 0) is 0 Å². The SMILES string of the molecule is Cc1ccc(-c2nc(=O)n(C(C)C)cc2C(=O)O)o1. The fraction of sp³-hybridized carbons (Fsp3) is 0.308. The standard InChI is InChI=1S/C13H14N2O4/c1-7(2)15-6-9(12(16)17)11(14-13(15)18)10-5-4-8(3)19-10/h4-7H,1-3H3,(H,16,17). The summed E-state index contributed by atoms with van der Waals surface area (Å²) in [5.41, 5.74) is -0.491. The van der Waals surface area contributed by atoms with Crippen LogP contribution in [0.25, 0.3) is 11.5 Å². The minimum absolute atomic E-state index is 0.0531. The summed E-state index contributed by atoms with van der Waals surface area (Å²) in [6.07, 6.45) is 1.30. The Morgan fingerprint density at radius 2 is 2.11 bits per heavy atom. The molecule has 0 aliphatic carbocycles. The highest BCUT2D eigenvalue weighted by Crippen LogP contribution is 2.23. The lowest BCUT2D eigenvalue weighted by Gasteiger charge is -2.11. The normalized spacial score (nSPS) is 10.9. The van der Waals surface area contributed by atoms with Crippen LogP contribution in [-0.4, -0.2) is 20.6 Å². The molecule has 0 saturated carbocycles. The third-order valence-corrected chi connectivity index (χ3v) is 2.71. The lowest BCUT2D eigenvalue weighted by molar-refractivity contribution is 0.0696. The van der Waals surface area contributed by atoms with Crippen molar-refractivity contribution in [1.29, 1.82) is 0 Å². The van der Waals surface area contributed by atoms with Gasteiger partial charge in [-0.25, -0.2) is 9.59 Å². The molecule has 0 aromatic carbocycles. The smallest absolute Gasteiger partial charge is 0.348 e. The maximum atomic E-state index is 11.9. The first kappa shape index (κ1) is 13.1. The number of nitrogens with zero attached hydrogens (tertiary/aromatic N) is 2. The van der Waals surface area contributed by atoms with Crippen LogP contribution in [0.2, 0.25) is 0 Å². The molecule has 19 heavy (non-hydrogen) atoms. The maximum Gasteiger partial charge on any atom is 0.348 e. The molecular weight excluding hydrogens is 248 g/mol. The van der Waals surface area contributed by atoms with E-state index >= 15 is 0 Å². The fourth-order valence-electron chi connectivity index (χ4n) is 1.75. The molecule has 0 saturated heterocycles. The molecular formula is C13H14N2O4. The van der Waals surface area contributed by atoms with Crippen molar-refractivity contribution < 1.29 is 14.3 Å². The number of furan rings is 1. The van der Waals surface area contributed by atoms with Crippen LogP contribution in [0.15, 0.2) is 27.5 Å². The van der Waals surface area contributed by atoms with E-state index in [9.17, 15) is 14.7 Å². The number of carboxylic acid groups (broad SMARTS) is 1. The molecule has 0 atom stereocenters. The first-order valence-electron chi connectivity index (χ1n) is 5.83. The summed E-state index contributed by atoms with van der Waals surface area (Å²) in [5.74, 6) is -0.241. The molecule has 0 amide bonds. The van der Waals surface area contributed by atoms with Gasteiger partial charge in [0.1, 0.15) is 17.0 Å². The molecule has 1 N–H and O–H groups in total. The molecule has 6 nitrogen and oxygen atoms in total. The van der Waals surface area contributed by atoms with Crippen LogP contribution in [0, 0.1) is 6.92 Å². The zero-order chi connectivity index (χ0) is 14.2. The van der Waals surface area contributed by atoms with Gasteiger partial charge in [-0.05, 0) is 32.9 Å². The van der Waals surface area contributed by atoms with E-state index in [4.69, 9.17) is 4.42 Å². The molecule has 2 aromatic rings. The number of aryl methyl sites for hydroxylation is 1. The monoisotopic (exact) mass is 262 g/mol. The first-order chi connectivity index (χ1) is 8.90. The summed E-state index contributed by atoms with van der Waals surface area (Å²) < 4.78 is 6.62. The van der Waals surface area contributed by atoms with E-state index in [1.54, 1.807) is 32.9 Å². The van der Waals surface area contributed by atoms with Crippen LogP contribution in [0.4, 0.5) is 0 Å². The topological polar surface area (TPSA) is 85.3 Å². The average molecular weight is 262 g/mol. The van der Waals surface area contributed by atoms with Crippen molar-refractivity contribution in [3.05, 3.63) is 40.1 Å². The molecule has 0 unspecified atom stereocenters. The Hall–Kier alpha value is -2.37. The molecule has 100 valence electrons. The van der Waals surface area contributed by atoms with Crippen molar-refractivity contribution in [1.82, 2.24) is 9.55 Å². The summed E-state index contributed by atoms with van der Waals surface area (Å²) in [6.45, 7) is 5.30. The lowest BCUT2D eigenvalue weighted by atomic mass is 10.2. The summed E-state index contributed by atoms with van der Waals surface area (Å²) in [5, 5.41) is 9.23. The first-order valence-corrected chi connectivity index (χ1v) is 5.83. The number of rotatable bonds is 3. The third-order valence-electron chi connectivity index (χ3n) is 2.71. The quantitative estimate of drug-likeness (QED) is 0.915. The van der Waals surface area contributed by atoms with E-state index in [-0.39, 0.29) is 23.1 Å². The number of hydrogen-bond acceptors (Lipinski definition) is 4. The Bertz CT molecular complexity index is 682. The van der Waals surface area contributed by atoms with Crippen molar-refractivity contribution in [3.63, 3.8) is 0 Å². The highest BCUT2D eigenvalue weighted by Gasteiger charge is 2.19. The van der Waals surface area contributed by atoms with E-state index in [1.165, 1.54) is 10.8 Å². The van der Waals surface area contributed by atoms with Crippen molar-refractivity contribution in [3.8, 4) is 11.5 Å². The van der Waals surface area contributed by atoms with Gasteiger partial charge in [0.05, 0.1) is 0 Å². The summed E-state index contributed by atoms with van der Waals surface area (Å²) in [7, 11) is 0. The van der Waals surface area contributed by atoms with Crippen molar-refractivity contribution in [2.75, 3.05) is 0 Å². The molecule has 2 heterocycles. The fourth-order valence-corrected chi connectivity index (χ4v) is 1.75. The van der Waals surface area contributed by atoms with Gasteiger partial charge >= 0.3 is 11.7 Å². The van der Waals surface area contributed by atoms with Crippen LogP contribution in [0.1, 0.15) is 36.0 Å². The Morgan fingerprint density at radius 3 is 2.58 bits per heavy atom. The summed E-state index contributed by atoms with van der Waals surface area (Å²) in [6, 6.07) is 3.13.